The Labute approximate surface area is 175 Å². The Morgan fingerprint density at radius 3 is 2.33 bits per heavy atom. The Morgan fingerprint density at radius 2 is 1.63 bits per heavy atom. The van der Waals surface area contributed by atoms with Crippen LogP contribution in [0.1, 0.15) is 22.3 Å². The monoisotopic (exact) mass is 400 g/mol. The Hall–Kier alpha value is -3.67. The molecule has 0 amide bonds. The molecule has 0 spiro atoms. The van der Waals surface area contributed by atoms with Crippen LogP contribution in [0.2, 0.25) is 0 Å². The lowest BCUT2D eigenvalue weighted by Crippen LogP contribution is -2.23. The Morgan fingerprint density at radius 1 is 0.867 bits per heavy atom. The van der Waals surface area contributed by atoms with Crippen molar-refractivity contribution in [2.45, 2.75) is 27.4 Å². The molecule has 152 valence electrons. The van der Waals surface area contributed by atoms with Crippen LogP contribution >= 0.6 is 0 Å². The zero-order valence-corrected chi connectivity index (χ0v) is 17.6. The van der Waals surface area contributed by atoms with Gasteiger partial charge in [-0.05, 0) is 77.2 Å². The smallest absolute Gasteiger partial charge is 0.368 e. The molecule has 1 heterocycles. The van der Waals surface area contributed by atoms with Gasteiger partial charge in [-0.1, -0.05) is 42.5 Å². The van der Waals surface area contributed by atoms with Gasteiger partial charge >= 0.3 is 5.69 Å². The first-order valence-corrected chi connectivity index (χ1v) is 9.83. The molecule has 0 radical (unpaired) electrons. The number of nitrogens with zero attached hydrogens (tertiary/aromatic N) is 4. The third-order valence-corrected chi connectivity index (χ3v) is 5.31. The summed E-state index contributed by atoms with van der Waals surface area (Å²) in [6.07, 6.45) is 0. The molecule has 6 nitrogen and oxygen atoms in total. The molecule has 1 aromatic heterocycles. The predicted octanol–water partition coefficient (Wildman–Crippen LogP) is 4.14. The zero-order valence-electron chi connectivity index (χ0n) is 17.6. The number of hydrogen-bond donors (Lipinski definition) is 0. The topological polar surface area (TPSA) is 61.9 Å². The molecule has 30 heavy (non-hydrogen) atoms. The van der Waals surface area contributed by atoms with Crippen molar-refractivity contribution in [2.24, 2.45) is 7.05 Å². The largest absolute Gasteiger partial charge is 0.489 e. The Kier molecular flexibility index (Phi) is 5.23. The molecular weight excluding hydrogens is 376 g/mol. The number of ether oxygens (including phenoxy) is 1. The molecule has 4 rings (SSSR count). The first-order valence-electron chi connectivity index (χ1n) is 9.83. The van der Waals surface area contributed by atoms with E-state index in [1.807, 2.05) is 50.2 Å². The molecule has 0 N–H and O–H groups in total. The van der Waals surface area contributed by atoms with Gasteiger partial charge < -0.3 is 4.74 Å². The second-order valence-electron chi connectivity index (χ2n) is 7.46. The van der Waals surface area contributed by atoms with Crippen LogP contribution in [0, 0.1) is 20.8 Å². The van der Waals surface area contributed by atoms with Gasteiger partial charge in [-0.25, -0.2) is 4.79 Å². The fourth-order valence-corrected chi connectivity index (χ4v) is 3.56. The van der Waals surface area contributed by atoms with Crippen LogP contribution in [0.3, 0.4) is 0 Å². The van der Waals surface area contributed by atoms with Gasteiger partial charge in [-0.15, -0.1) is 0 Å². The molecule has 0 saturated heterocycles. The molecule has 0 unspecified atom stereocenters. The third-order valence-electron chi connectivity index (χ3n) is 5.31. The standard InChI is InChI=1S/C24H24N4O2/c1-16-9-8-12-22(28-24(29)27(4)25-26-28)21(16)15-30-23-14-17(2)20(13-18(23)3)19-10-6-5-7-11-19/h5-14H,15H2,1-4H3. The SMILES string of the molecule is Cc1cc(-c2ccccc2)c(C)cc1OCc1c(C)cccc1-n1nnn(C)c1=O. The van der Waals surface area contributed by atoms with Gasteiger partial charge in [0.05, 0.1) is 5.69 Å². The highest BCUT2D eigenvalue weighted by Gasteiger charge is 2.14. The van der Waals surface area contributed by atoms with Gasteiger partial charge in [0.15, 0.2) is 0 Å². The van der Waals surface area contributed by atoms with Crippen molar-refractivity contribution in [1.29, 1.82) is 0 Å². The normalized spacial score (nSPS) is 10.9. The summed E-state index contributed by atoms with van der Waals surface area (Å²) in [5.74, 6) is 0.827. The van der Waals surface area contributed by atoms with Gasteiger partial charge in [0.2, 0.25) is 0 Å². The van der Waals surface area contributed by atoms with Crippen molar-refractivity contribution in [3.05, 3.63) is 93.4 Å². The van der Waals surface area contributed by atoms with Gasteiger partial charge in [0.25, 0.3) is 0 Å². The van der Waals surface area contributed by atoms with E-state index in [1.165, 1.54) is 20.5 Å². The third kappa shape index (κ3) is 3.64. The van der Waals surface area contributed by atoms with Gasteiger partial charge in [-0.3, -0.25) is 0 Å². The number of aryl methyl sites for hydroxylation is 4. The highest BCUT2D eigenvalue weighted by molar-refractivity contribution is 5.69. The quantitative estimate of drug-likeness (QED) is 0.505. The summed E-state index contributed by atoms with van der Waals surface area (Å²) in [5, 5.41) is 7.80. The summed E-state index contributed by atoms with van der Waals surface area (Å²) < 4.78 is 8.73. The molecule has 0 aliphatic heterocycles. The van der Waals surface area contributed by atoms with Crippen LogP contribution < -0.4 is 10.4 Å². The van der Waals surface area contributed by atoms with E-state index < -0.39 is 0 Å². The van der Waals surface area contributed by atoms with Gasteiger partial charge in [0, 0.05) is 12.6 Å². The Bertz CT molecular complexity index is 1260. The van der Waals surface area contributed by atoms with Crippen molar-refractivity contribution >= 4 is 0 Å². The van der Waals surface area contributed by atoms with Crippen LogP contribution in [-0.4, -0.2) is 19.8 Å². The molecule has 3 aromatic carbocycles. The van der Waals surface area contributed by atoms with Crippen molar-refractivity contribution in [3.8, 4) is 22.6 Å². The molecule has 0 aliphatic rings. The lowest BCUT2D eigenvalue weighted by Gasteiger charge is -2.16. The molecule has 0 atom stereocenters. The predicted molar refractivity (Wildman–Crippen MR) is 117 cm³/mol. The van der Waals surface area contributed by atoms with Crippen LogP contribution in [-0.2, 0) is 13.7 Å². The average molecular weight is 400 g/mol. The van der Waals surface area contributed by atoms with Gasteiger partial charge in [-0.2, -0.15) is 9.36 Å². The van der Waals surface area contributed by atoms with Crippen LogP contribution in [0.4, 0.5) is 0 Å². The van der Waals surface area contributed by atoms with E-state index in [2.05, 4.69) is 41.6 Å². The van der Waals surface area contributed by atoms with Crippen molar-refractivity contribution in [1.82, 2.24) is 19.8 Å². The minimum Gasteiger partial charge on any atom is -0.489 e. The maximum absolute atomic E-state index is 12.3. The second-order valence-corrected chi connectivity index (χ2v) is 7.46. The summed E-state index contributed by atoms with van der Waals surface area (Å²) in [6, 6.07) is 20.3. The minimum absolute atomic E-state index is 0.291. The van der Waals surface area contributed by atoms with Gasteiger partial charge in [0.1, 0.15) is 12.4 Å². The molecule has 0 bridgehead atoms. The van der Waals surface area contributed by atoms with E-state index >= 15 is 0 Å². The first-order chi connectivity index (χ1) is 14.5. The maximum Gasteiger partial charge on any atom is 0.368 e. The van der Waals surface area contributed by atoms with E-state index in [4.69, 9.17) is 4.74 Å². The molecule has 4 aromatic rings. The van der Waals surface area contributed by atoms with Crippen molar-refractivity contribution in [2.75, 3.05) is 0 Å². The van der Waals surface area contributed by atoms with Crippen molar-refractivity contribution in [3.63, 3.8) is 0 Å². The summed E-state index contributed by atoms with van der Waals surface area (Å²) in [5.41, 5.74) is 6.92. The van der Waals surface area contributed by atoms with E-state index in [0.29, 0.717) is 12.3 Å². The molecule has 0 fully saturated rings. The Balaban J connectivity index is 1.66. The molecule has 0 saturated carbocycles. The summed E-state index contributed by atoms with van der Waals surface area (Å²) in [4.78, 5) is 12.3. The zero-order chi connectivity index (χ0) is 21.3. The van der Waals surface area contributed by atoms with E-state index in [1.54, 1.807) is 7.05 Å². The molecule has 6 heteroatoms. The van der Waals surface area contributed by atoms with Crippen LogP contribution in [0.25, 0.3) is 16.8 Å². The van der Waals surface area contributed by atoms with Crippen molar-refractivity contribution < 1.29 is 4.74 Å². The number of benzene rings is 3. The highest BCUT2D eigenvalue weighted by atomic mass is 16.5. The summed E-state index contributed by atoms with van der Waals surface area (Å²) in [7, 11) is 1.58. The van der Waals surface area contributed by atoms with Crippen LogP contribution in [0.15, 0.2) is 65.5 Å². The number of rotatable bonds is 5. The van der Waals surface area contributed by atoms with E-state index in [0.717, 1.165) is 28.0 Å². The van der Waals surface area contributed by atoms with E-state index in [9.17, 15) is 4.79 Å². The number of aromatic nitrogens is 4. The lowest BCUT2D eigenvalue weighted by atomic mass is 9.98. The summed E-state index contributed by atoms with van der Waals surface area (Å²) in [6.45, 7) is 6.47. The summed E-state index contributed by atoms with van der Waals surface area (Å²) >= 11 is 0. The fourth-order valence-electron chi connectivity index (χ4n) is 3.56. The highest BCUT2D eigenvalue weighted by Crippen LogP contribution is 2.31. The number of hydrogen-bond acceptors (Lipinski definition) is 4. The van der Waals surface area contributed by atoms with E-state index in [-0.39, 0.29) is 5.69 Å². The number of tetrazole rings is 1. The fraction of sp³-hybridized carbons (Fsp3) is 0.208. The minimum atomic E-state index is -0.291. The second kappa shape index (κ2) is 7.99. The molecular formula is C24H24N4O2. The maximum atomic E-state index is 12.3. The first kappa shape index (κ1) is 19.6. The lowest BCUT2D eigenvalue weighted by molar-refractivity contribution is 0.302. The molecule has 0 aliphatic carbocycles. The average Bonchev–Trinajstić information content (AvgIpc) is 3.08. The van der Waals surface area contributed by atoms with Crippen LogP contribution in [0.5, 0.6) is 5.75 Å².